The molecule has 0 nitrogen and oxygen atoms in total. The van der Waals surface area contributed by atoms with Crippen LogP contribution in [0.4, 0.5) is 0 Å². The van der Waals surface area contributed by atoms with E-state index in [1.54, 1.807) is 11.3 Å². The van der Waals surface area contributed by atoms with E-state index < -0.39 is 0 Å². The van der Waals surface area contributed by atoms with Crippen molar-refractivity contribution in [3.05, 3.63) is 32.9 Å². The van der Waals surface area contributed by atoms with E-state index >= 15 is 0 Å². The lowest BCUT2D eigenvalue weighted by Crippen LogP contribution is -1.82. The van der Waals surface area contributed by atoms with Crippen molar-refractivity contribution in [3.63, 3.8) is 0 Å². The first-order valence-electron chi connectivity index (χ1n) is 3.56. The van der Waals surface area contributed by atoms with E-state index in [2.05, 4.69) is 40.9 Å². The minimum absolute atomic E-state index is 1.09. The quantitative estimate of drug-likeness (QED) is 0.689. The third-order valence-electron chi connectivity index (χ3n) is 1.51. The first-order chi connectivity index (χ1) is 5.20. The average molecular weight is 231 g/mol. The third-order valence-corrected chi connectivity index (χ3v) is 3.33. The van der Waals surface area contributed by atoms with E-state index in [0.29, 0.717) is 0 Å². The lowest BCUT2D eigenvalue weighted by atomic mass is 10.1. The van der Waals surface area contributed by atoms with Crippen molar-refractivity contribution in [2.24, 2.45) is 0 Å². The maximum absolute atomic E-state index is 3.87. The van der Waals surface area contributed by atoms with Crippen LogP contribution in [-0.4, -0.2) is 0 Å². The van der Waals surface area contributed by atoms with Crippen molar-refractivity contribution in [1.82, 2.24) is 0 Å². The summed E-state index contributed by atoms with van der Waals surface area (Å²) in [5, 5.41) is 2.11. The van der Waals surface area contributed by atoms with Gasteiger partial charge in [-0.3, -0.25) is 0 Å². The van der Waals surface area contributed by atoms with Crippen molar-refractivity contribution in [3.8, 4) is 0 Å². The fourth-order valence-corrected chi connectivity index (χ4v) is 2.17. The Balaban J connectivity index is 2.51. The van der Waals surface area contributed by atoms with Crippen LogP contribution in [0.5, 0.6) is 0 Å². The maximum atomic E-state index is 3.87. The summed E-state index contributed by atoms with van der Waals surface area (Å²) in [7, 11) is 0. The molecule has 0 atom stereocenters. The summed E-state index contributed by atoms with van der Waals surface area (Å²) >= 11 is 5.25. The highest BCUT2D eigenvalue weighted by Gasteiger charge is 1.99. The van der Waals surface area contributed by atoms with Gasteiger partial charge in [-0.05, 0) is 52.7 Å². The normalized spacial score (nSPS) is 10.0. The number of aryl methyl sites for hydroxylation is 1. The zero-order valence-corrected chi connectivity index (χ0v) is 8.96. The molecule has 0 saturated heterocycles. The monoisotopic (exact) mass is 230 g/mol. The molecule has 0 unspecified atom stereocenters. The summed E-state index contributed by atoms with van der Waals surface area (Å²) in [6.45, 7) is 5.94. The molecular formula is C9H11BrS. The van der Waals surface area contributed by atoms with Gasteiger partial charge in [0, 0.05) is 0 Å². The van der Waals surface area contributed by atoms with Crippen LogP contribution in [0.1, 0.15) is 18.9 Å². The Morgan fingerprint density at radius 1 is 1.73 bits per heavy atom. The first kappa shape index (κ1) is 9.01. The van der Waals surface area contributed by atoms with Gasteiger partial charge in [0.05, 0.1) is 3.79 Å². The smallest absolute Gasteiger partial charge is 0.0730 e. The van der Waals surface area contributed by atoms with Gasteiger partial charge < -0.3 is 0 Å². The van der Waals surface area contributed by atoms with Crippen molar-refractivity contribution < 1.29 is 0 Å². The molecule has 0 saturated carbocycles. The molecule has 0 amide bonds. The highest BCUT2D eigenvalue weighted by Crippen LogP contribution is 2.25. The van der Waals surface area contributed by atoms with Gasteiger partial charge in [0.15, 0.2) is 0 Å². The van der Waals surface area contributed by atoms with Gasteiger partial charge in [0.25, 0.3) is 0 Å². The average Bonchev–Trinajstić information content (AvgIpc) is 2.31. The van der Waals surface area contributed by atoms with Crippen molar-refractivity contribution >= 4 is 27.3 Å². The van der Waals surface area contributed by atoms with Crippen LogP contribution in [0, 0.1) is 0 Å². The summed E-state index contributed by atoms with van der Waals surface area (Å²) in [6.07, 6.45) is 2.20. The van der Waals surface area contributed by atoms with Crippen LogP contribution in [0.3, 0.4) is 0 Å². The zero-order valence-electron chi connectivity index (χ0n) is 6.56. The molecule has 0 N–H and O–H groups in total. The van der Waals surface area contributed by atoms with Gasteiger partial charge in [-0.25, -0.2) is 0 Å². The summed E-state index contributed by atoms with van der Waals surface area (Å²) in [6, 6.07) is 2.16. The second-order valence-electron chi connectivity index (χ2n) is 2.68. The van der Waals surface area contributed by atoms with E-state index in [1.165, 1.54) is 14.9 Å². The molecule has 1 aromatic rings. The zero-order chi connectivity index (χ0) is 8.27. The summed E-state index contributed by atoms with van der Waals surface area (Å²) in [4.78, 5) is 0. The predicted molar refractivity (Wildman–Crippen MR) is 55.2 cm³/mol. The summed E-state index contributed by atoms with van der Waals surface area (Å²) < 4.78 is 1.26. The van der Waals surface area contributed by atoms with E-state index in [-0.39, 0.29) is 0 Å². The number of hydrogen-bond acceptors (Lipinski definition) is 1. The Kier molecular flexibility index (Phi) is 3.34. The summed E-state index contributed by atoms with van der Waals surface area (Å²) in [5.74, 6) is 0. The van der Waals surface area contributed by atoms with Crippen molar-refractivity contribution in [1.29, 1.82) is 0 Å². The van der Waals surface area contributed by atoms with Gasteiger partial charge in [-0.15, -0.1) is 17.9 Å². The largest absolute Gasteiger partial charge is 0.137 e. The van der Waals surface area contributed by atoms with Crippen LogP contribution >= 0.6 is 27.3 Å². The van der Waals surface area contributed by atoms with Crippen LogP contribution in [0.25, 0.3) is 0 Å². The van der Waals surface area contributed by atoms with Crippen LogP contribution in [0.2, 0.25) is 0 Å². The van der Waals surface area contributed by atoms with Gasteiger partial charge in [-0.1, -0.05) is 5.57 Å². The number of thiophene rings is 1. The Morgan fingerprint density at radius 2 is 2.45 bits per heavy atom. The lowest BCUT2D eigenvalue weighted by Gasteiger charge is -1.97. The van der Waals surface area contributed by atoms with Crippen LogP contribution < -0.4 is 0 Å². The molecule has 0 fully saturated rings. The highest BCUT2D eigenvalue weighted by atomic mass is 79.9. The fourth-order valence-electron chi connectivity index (χ4n) is 0.847. The maximum Gasteiger partial charge on any atom is 0.0730 e. The Morgan fingerprint density at radius 3 is 2.91 bits per heavy atom. The lowest BCUT2D eigenvalue weighted by molar-refractivity contribution is 0.947. The molecule has 1 rings (SSSR count). The SMILES string of the molecule is C=C(C)CCc1ccsc1Br. The molecule has 2 heteroatoms. The molecule has 0 radical (unpaired) electrons. The molecule has 0 aliphatic rings. The highest BCUT2D eigenvalue weighted by molar-refractivity contribution is 9.11. The Bertz CT molecular complexity index is 250. The first-order valence-corrected chi connectivity index (χ1v) is 5.23. The minimum atomic E-state index is 1.09. The molecule has 0 aliphatic heterocycles. The molecule has 60 valence electrons. The van der Waals surface area contributed by atoms with Gasteiger partial charge in [-0.2, -0.15) is 0 Å². The number of halogens is 1. The Labute approximate surface area is 80.1 Å². The molecule has 1 aromatic heterocycles. The van der Waals surface area contributed by atoms with Gasteiger partial charge in [0.2, 0.25) is 0 Å². The van der Waals surface area contributed by atoms with Crippen LogP contribution in [-0.2, 0) is 6.42 Å². The molecular weight excluding hydrogens is 220 g/mol. The topological polar surface area (TPSA) is 0 Å². The van der Waals surface area contributed by atoms with E-state index in [1.807, 2.05) is 0 Å². The number of hydrogen-bond donors (Lipinski definition) is 0. The standard InChI is InChI=1S/C9H11BrS/c1-7(2)3-4-8-5-6-11-9(8)10/h5-6H,1,3-4H2,2H3. The Hall–Kier alpha value is -0.0800. The van der Waals surface area contributed by atoms with Crippen LogP contribution in [0.15, 0.2) is 27.4 Å². The molecule has 0 spiro atoms. The molecule has 0 aromatic carbocycles. The van der Waals surface area contributed by atoms with Crippen molar-refractivity contribution in [2.75, 3.05) is 0 Å². The van der Waals surface area contributed by atoms with E-state index in [4.69, 9.17) is 0 Å². The van der Waals surface area contributed by atoms with E-state index in [0.717, 1.165) is 12.8 Å². The second kappa shape index (κ2) is 4.07. The van der Waals surface area contributed by atoms with Crippen molar-refractivity contribution in [2.45, 2.75) is 19.8 Å². The molecule has 0 aliphatic carbocycles. The van der Waals surface area contributed by atoms with E-state index in [9.17, 15) is 0 Å². The predicted octanol–water partition coefficient (Wildman–Crippen LogP) is 4.02. The second-order valence-corrected chi connectivity index (χ2v) is 4.91. The summed E-state index contributed by atoms with van der Waals surface area (Å²) in [5.41, 5.74) is 2.65. The fraction of sp³-hybridized carbons (Fsp3) is 0.333. The molecule has 1 heterocycles. The third kappa shape index (κ3) is 2.80. The minimum Gasteiger partial charge on any atom is -0.137 e. The van der Waals surface area contributed by atoms with Gasteiger partial charge in [0.1, 0.15) is 0 Å². The van der Waals surface area contributed by atoms with Gasteiger partial charge >= 0.3 is 0 Å². The molecule has 0 bridgehead atoms. The molecule has 11 heavy (non-hydrogen) atoms. The number of allylic oxidation sites excluding steroid dienone is 1. The number of rotatable bonds is 3.